The summed E-state index contributed by atoms with van der Waals surface area (Å²) in [6.45, 7) is 4.27. The van der Waals surface area contributed by atoms with Crippen LogP contribution in [0.25, 0.3) is 11.0 Å². The molecule has 1 N–H and O–H groups in total. The van der Waals surface area contributed by atoms with Crippen molar-refractivity contribution in [1.29, 1.82) is 0 Å². The van der Waals surface area contributed by atoms with Crippen LogP contribution in [-0.2, 0) is 24.4 Å². The minimum Gasteiger partial charge on any atom is -0.386 e. The molecule has 1 amide bonds. The summed E-state index contributed by atoms with van der Waals surface area (Å²) < 4.78 is 3.95. The fraction of sp³-hybridized carbons (Fsp3) is 0.476. The lowest BCUT2D eigenvalue weighted by molar-refractivity contribution is -0.132. The standard InChI is InChI=1S/C21H25N5O2/c1-14-22-17-5-2-3-6-19(17)25(14)13-20(27)24-9-4-10-26-16(12-24)11-18(23-26)21(28)15-7-8-15/h2-3,5-6,11,15,21,28H,4,7-10,12-13H2,1H3. The van der Waals surface area contributed by atoms with Crippen LogP contribution in [0.5, 0.6) is 0 Å². The van der Waals surface area contributed by atoms with Gasteiger partial charge in [0.1, 0.15) is 18.5 Å². The molecule has 0 saturated heterocycles. The number of amides is 1. The average Bonchev–Trinajstić information content (AvgIpc) is 3.44. The summed E-state index contributed by atoms with van der Waals surface area (Å²) in [5, 5.41) is 15.0. The van der Waals surface area contributed by atoms with E-state index in [9.17, 15) is 9.90 Å². The van der Waals surface area contributed by atoms with E-state index in [0.29, 0.717) is 19.0 Å². The number of hydrogen-bond acceptors (Lipinski definition) is 4. The molecule has 1 aliphatic heterocycles. The number of benzene rings is 1. The van der Waals surface area contributed by atoms with Gasteiger partial charge in [-0.05, 0) is 50.3 Å². The molecule has 2 aliphatic rings. The number of carbonyl (C=O) groups excluding carboxylic acids is 1. The zero-order chi connectivity index (χ0) is 19.3. The number of aromatic nitrogens is 4. The van der Waals surface area contributed by atoms with E-state index in [1.807, 2.05) is 51.4 Å². The molecule has 5 rings (SSSR count). The van der Waals surface area contributed by atoms with Crippen LogP contribution in [-0.4, -0.2) is 41.8 Å². The SMILES string of the molecule is Cc1nc2ccccc2n1CC(=O)N1CCCn2nc(C(O)C3CC3)cc2C1. The maximum atomic E-state index is 13.1. The van der Waals surface area contributed by atoms with Crippen molar-refractivity contribution in [1.82, 2.24) is 24.2 Å². The van der Waals surface area contributed by atoms with Crippen molar-refractivity contribution >= 4 is 16.9 Å². The topological polar surface area (TPSA) is 76.2 Å². The van der Waals surface area contributed by atoms with Crippen molar-refractivity contribution in [2.75, 3.05) is 6.54 Å². The van der Waals surface area contributed by atoms with E-state index in [4.69, 9.17) is 0 Å². The molecular formula is C21H25N5O2. The van der Waals surface area contributed by atoms with Gasteiger partial charge in [0, 0.05) is 13.1 Å². The second kappa shape index (κ2) is 6.74. The largest absolute Gasteiger partial charge is 0.386 e. The Hall–Kier alpha value is -2.67. The summed E-state index contributed by atoms with van der Waals surface area (Å²) in [5.41, 5.74) is 3.67. The smallest absolute Gasteiger partial charge is 0.242 e. The molecule has 0 spiro atoms. The third-order valence-corrected chi connectivity index (χ3v) is 5.90. The number of para-hydroxylation sites is 2. The van der Waals surface area contributed by atoms with Crippen molar-refractivity contribution in [3.63, 3.8) is 0 Å². The molecule has 1 unspecified atom stereocenters. The fourth-order valence-electron chi connectivity index (χ4n) is 4.13. The third kappa shape index (κ3) is 3.09. The highest BCUT2D eigenvalue weighted by Crippen LogP contribution is 2.40. The lowest BCUT2D eigenvalue weighted by Crippen LogP contribution is -2.33. The summed E-state index contributed by atoms with van der Waals surface area (Å²) in [7, 11) is 0. The van der Waals surface area contributed by atoms with Crippen LogP contribution < -0.4 is 0 Å². The van der Waals surface area contributed by atoms with E-state index in [0.717, 1.165) is 54.1 Å². The first kappa shape index (κ1) is 17.4. The summed E-state index contributed by atoms with van der Waals surface area (Å²) in [4.78, 5) is 19.5. The van der Waals surface area contributed by atoms with Crippen LogP contribution >= 0.6 is 0 Å². The van der Waals surface area contributed by atoms with Gasteiger partial charge >= 0.3 is 0 Å². The number of carbonyl (C=O) groups is 1. The Balaban J connectivity index is 1.36. The molecule has 0 radical (unpaired) electrons. The highest BCUT2D eigenvalue weighted by molar-refractivity contribution is 5.81. The molecule has 7 nitrogen and oxygen atoms in total. The summed E-state index contributed by atoms with van der Waals surface area (Å²) >= 11 is 0. The zero-order valence-corrected chi connectivity index (χ0v) is 16.1. The first-order chi connectivity index (χ1) is 13.6. The van der Waals surface area contributed by atoms with Crippen LogP contribution in [0, 0.1) is 12.8 Å². The molecule has 0 bridgehead atoms. The Morgan fingerprint density at radius 3 is 2.93 bits per heavy atom. The molecule has 3 heterocycles. The number of aliphatic hydroxyl groups is 1. The van der Waals surface area contributed by atoms with Crippen molar-refractivity contribution in [3.05, 3.63) is 47.5 Å². The molecule has 1 fully saturated rings. The van der Waals surface area contributed by atoms with Crippen LogP contribution in [0.4, 0.5) is 0 Å². The molecule has 1 atom stereocenters. The monoisotopic (exact) mass is 379 g/mol. The summed E-state index contributed by atoms with van der Waals surface area (Å²) in [6, 6.07) is 9.89. The van der Waals surface area contributed by atoms with Crippen LogP contribution in [0.2, 0.25) is 0 Å². The zero-order valence-electron chi connectivity index (χ0n) is 16.1. The molecule has 1 aromatic carbocycles. The molecule has 146 valence electrons. The summed E-state index contributed by atoms with van der Waals surface area (Å²) in [6.07, 6.45) is 2.55. The average molecular weight is 379 g/mol. The second-order valence-corrected chi connectivity index (χ2v) is 7.97. The lowest BCUT2D eigenvalue weighted by Gasteiger charge is -2.21. The van der Waals surface area contributed by atoms with E-state index < -0.39 is 6.10 Å². The Morgan fingerprint density at radius 1 is 1.29 bits per heavy atom. The number of hydrogen-bond donors (Lipinski definition) is 1. The Labute approximate surface area is 163 Å². The second-order valence-electron chi connectivity index (χ2n) is 7.97. The van der Waals surface area contributed by atoms with Gasteiger partial charge in [-0.3, -0.25) is 9.48 Å². The minimum absolute atomic E-state index is 0.0881. The van der Waals surface area contributed by atoms with Gasteiger partial charge in [0.15, 0.2) is 0 Å². The Morgan fingerprint density at radius 2 is 2.11 bits per heavy atom. The predicted molar refractivity (Wildman–Crippen MR) is 104 cm³/mol. The molecule has 28 heavy (non-hydrogen) atoms. The van der Waals surface area contributed by atoms with Gasteiger partial charge in [0.05, 0.1) is 29.0 Å². The molecule has 7 heteroatoms. The first-order valence-corrected chi connectivity index (χ1v) is 10.0. The highest BCUT2D eigenvalue weighted by Gasteiger charge is 2.33. The van der Waals surface area contributed by atoms with E-state index in [1.54, 1.807) is 0 Å². The minimum atomic E-state index is -0.469. The van der Waals surface area contributed by atoms with Gasteiger partial charge < -0.3 is 14.6 Å². The molecule has 1 saturated carbocycles. The first-order valence-electron chi connectivity index (χ1n) is 10.0. The Bertz CT molecular complexity index is 1030. The quantitative estimate of drug-likeness (QED) is 0.755. The Kier molecular flexibility index (Phi) is 4.19. The van der Waals surface area contributed by atoms with E-state index in [-0.39, 0.29) is 12.5 Å². The number of imidazole rings is 1. The van der Waals surface area contributed by atoms with Crippen molar-refractivity contribution in [2.24, 2.45) is 5.92 Å². The van der Waals surface area contributed by atoms with Crippen molar-refractivity contribution in [3.8, 4) is 0 Å². The van der Waals surface area contributed by atoms with Crippen LogP contribution in [0.3, 0.4) is 0 Å². The van der Waals surface area contributed by atoms with Gasteiger partial charge in [-0.25, -0.2) is 4.98 Å². The van der Waals surface area contributed by atoms with Crippen LogP contribution in [0.1, 0.15) is 42.6 Å². The van der Waals surface area contributed by atoms with Gasteiger partial charge in [-0.15, -0.1) is 0 Å². The van der Waals surface area contributed by atoms with Gasteiger partial charge in [0.2, 0.25) is 5.91 Å². The molecular weight excluding hydrogens is 354 g/mol. The number of nitrogens with zero attached hydrogens (tertiary/aromatic N) is 5. The number of rotatable bonds is 4. The number of aryl methyl sites for hydroxylation is 2. The summed E-state index contributed by atoms with van der Waals surface area (Å²) in [5.74, 6) is 1.30. The van der Waals surface area contributed by atoms with Crippen molar-refractivity contribution in [2.45, 2.75) is 51.9 Å². The lowest BCUT2D eigenvalue weighted by atomic mass is 10.1. The van der Waals surface area contributed by atoms with Crippen LogP contribution in [0.15, 0.2) is 30.3 Å². The van der Waals surface area contributed by atoms with Gasteiger partial charge in [-0.2, -0.15) is 5.10 Å². The van der Waals surface area contributed by atoms with Crippen molar-refractivity contribution < 1.29 is 9.90 Å². The highest BCUT2D eigenvalue weighted by atomic mass is 16.3. The van der Waals surface area contributed by atoms with Gasteiger partial charge in [-0.1, -0.05) is 12.1 Å². The maximum Gasteiger partial charge on any atom is 0.242 e. The third-order valence-electron chi connectivity index (χ3n) is 5.90. The van der Waals surface area contributed by atoms with E-state index >= 15 is 0 Å². The molecule has 3 aromatic rings. The number of fused-ring (bicyclic) bond motifs is 2. The fourth-order valence-corrected chi connectivity index (χ4v) is 4.13. The molecule has 1 aliphatic carbocycles. The maximum absolute atomic E-state index is 13.1. The predicted octanol–water partition coefficient (Wildman–Crippen LogP) is 2.42. The van der Waals surface area contributed by atoms with E-state index in [1.165, 1.54) is 0 Å². The van der Waals surface area contributed by atoms with Gasteiger partial charge in [0.25, 0.3) is 0 Å². The number of aliphatic hydroxyl groups excluding tert-OH is 1. The van der Waals surface area contributed by atoms with E-state index in [2.05, 4.69) is 10.1 Å². The normalized spacial score (nSPS) is 18.1. The molecule has 2 aromatic heterocycles.